The third kappa shape index (κ3) is 2.30. The lowest BCUT2D eigenvalue weighted by atomic mass is 9.99. The number of benzene rings is 1. The minimum atomic E-state index is 0.549. The summed E-state index contributed by atoms with van der Waals surface area (Å²) in [6.45, 7) is 1.95. The number of nitriles is 1. The highest BCUT2D eigenvalue weighted by molar-refractivity contribution is 5.58. The summed E-state index contributed by atoms with van der Waals surface area (Å²) in [5, 5.41) is 9.16. The first-order valence-corrected chi connectivity index (χ1v) is 6.52. The van der Waals surface area contributed by atoms with Crippen LogP contribution in [0.4, 0.5) is 5.69 Å². The van der Waals surface area contributed by atoms with E-state index in [-0.39, 0.29) is 0 Å². The number of rotatable bonds is 2. The van der Waals surface area contributed by atoms with Crippen molar-refractivity contribution in [2.75, 3.05) is 18.0 Å². The minimum absolute atomic E-state index is 0.549. The molecular weight excluding hydrogens is 234 g/mol. The van der Waals surface area contributed by atoms with E-state index in [1.54, 1.807) is 18.5 Å². The Morgan fingerprint density at radius 1 is 1.21 bits per heavy atom. The molecule has 1 aromatic carbocycles. The molecule has 1 fully saturated rings. The van der Waals surface area contributed by atoms with E-state index < -0.39 is 0 Å². The van der Waals surface area contributed by atoms with E-state index in [1.807, 2.05) is 6.07 Å². The van der Waals surface area contributed by atoms with Crippen molar-refractivity contribution < 1.29 is 0 Å². The fourth-order valence-corrected chi connectivity index (χ4v) is 2.71. The Morgan fingerprint density at radius 3 is 2.84 bits per heavy atom. The van der Waals surface area contributed by atoms with E-state index in [0.29, 0.717) is 11.5 Å². The van der Waals surface area contributed by atoms with Gasteiger partial charge in [-0.3, -0.25) is 4.98 Å². The molecule has 1 aromatic heterocycles. The quantitative estimate of drug-likeness (QED) is 0.821. The van der Waals surface area contributed by atoms with Gasteiger partial charge in [0.25, 0.3) is 0 Å². The summed E-state index contributed by atoms with van der Waals surface area (Å²) in [4.78, 5) is 6.41. The van der Waals surface area contributed by atoms with Crippen molar-refractivity contribution in [2.45, 2.75) is 12.3 Å². The second-order valence-electron chi connectivity index (χ2n) is 4.85. The van der Waals surface area contributed by atoms with Crippen molar-refractivity contribution in [1.82, 2.24) is 4.98 Å². The van der Waals surface area contributed by atoms with Crippen LogP contribution in [0.3, 0.4) is 0 Å². The number of anilines is 1. The molecule has 0 aliphatic carbocycles. The molecule has 0 N–H and O–H groups in total. The van der Waals surface area contributed by atoms with Gasteiger partial charge >= 0.3 is 0 Å². The van der Waals surface area contributed by atoms with Crippen molar-refractivity contribution in [3.63, 3.8) is 0 Å². The summed E-state index contributed by atoms with van der Waals surface area (Å²) in [5.74, 6) is 0.549. The van der Waals surface area contributed by atoms with Crippen molar-refractivity contribution in [3.8, 4) is 6.07 Å². The van der Waals surface area contributed by atoms with Crippen molar-refractivity contribution >= 4 is 5.69 Å². The first-order chi connectivity index (χ1) is 9.38. The molecule has 3 rings (SSSR count). The van der Waals surface area contributed by atoms with E-state index in [4.69, 9.17) is 5.26 Å². The molecule has 19 heavy (non-hydrogen) atoms. The SMILES string of the molecule is N#Cc1ccncc1N1CCC(c2ccccc2)C1. The molecule has 1 unspecified atom stereocenters. The molecule has 1 aliphatic heterocycles. The number of hydrogen-bond acceptors (Lipinski definition) is 3. The lowest BCUT2D eigenvalue weighted by Gasteiger charge is -2.19. The predicted molar refractivity (Wildman–Crippen MR) is 75.0 cm³/mol. The van der Waals surface area contributed by atoms with Crippen molar-refractivity contribution in [1.29, 1.82) is 5.26 Å². The van der Waals surface area contributed by atoms with Gasteiger partial charge in [0.1, 0.15) is 6.07 Å². The first-order valence-electron chi connectivity index (χ1n) is 6.52. The fourth-order valence-electron chi connectivity index (χ4n) is 2.71. The smallest absolute Gasteiger partial charge is 0.101 e. The van der Waals surface area contributed by atoms with Crippen LogP contribution >= 0.6 is 0 Å². The molecule has 94 valence electrons. The lowest BCUT2D eigenvalue weighted by molar-refractivity contribution is 0.775. The summed E-state index contributed by atoms with van der Waals surface area (Å²) in [5.41, 5.74) is 3.06. The van der Waals surface area contributed by atoms with E-state index >= 15 is 0 Å². The van der Waals surface area contributed by atoms with Crippen LogP contribution in [0.25, 0.3) is 0 Å². The van der Waals surface area contributed by atoms with E-state index in [9.17, 15) is 0 Å². The summed E-state index contributed by atoms with van der Waals surface area (Å²) in [6.07, 6.45) is 4.60. The standard InChI is InChI=1S/C16H15N3/c17-10-14-6-8-18-11-16(14)19-9-7-15(12-19)13-4-2-1-3-5-13/h1-6,8,11,15H,7,9,12H2. The molecular formula is C16H15N3. The van der Waals surface area contributed by atoms with E-state index in [2.05, 4.69) is 40.2 Å². The largest absolute Gasteiger partial charge is 0.369 e. The molecule has 0 saturated carbocycles. The Labute approximate surface area is 113 Å². The maximum Gasteiger partial charge on any atom is 0.101 e. The monoisotopic (exact) mass is 249 g/mol. The third-order valence-corrected chi connectivity index (χ3v) is 3.72. The average Bonchev–Trinajstić information content (AvgIpc) is 2.98. The van der Waals surface area contributed by atoms with Crippen LogP contribution < -0.4 is 4.90 Å². The molecule has 3 nitrogen and oxygen atoms in total. The normalized spacial score (nSPS) is 18.3. The van der Waals surface area contributed by atoms with Gasteiger partial charge in [-0.15, -0.1) is 0 Å². The Balaban J connectivity index is 1.81. The van der Waals surface area contributed by atoms with Gasteiger partial charge in [-0.25, -0.2) is 0 Å². The maximum atomic E-state index is 9.16. The molecule has 2 aromatic rings. The number of nitrogens with zero attached hydrogens (tertiary/aromatic N) is 3. The maximum absolute atomic E-state index is 9.16. The van der Waals surface area contributed by atoms with Gasteiger partial charge in [0.2, 0.25) is 0 Å². The summed E-state index contributed by atoms with van der Waals surface area (Å²) < 4.78 is 0. The average molecular weight is 249 g/mol. The van der Waals surface area contributed by atoms with Crippen LogP contribution in [0.15, 0.2) is 48.8 Å². The molecule has 0 spiro atoms. The molecule has 0 amide bonds. The van der Waals surface area contributed by atoms with Crippen LogP contribution in [0.5, 0.6) is 0 Å². The van der Waals surface area contributed by atoms with Crippen LogP contribution in [-0.4, -0.2) is 18.1 Å². The molecule has 1 aliphatic rings. The van der Waals surface area contributed by atoms with Crippen molar-refractivity contribution in [2.24, 2.45) is 0 Å². The van der Waals surface area contributed by atoms with Gasteiger partial charge in [-0.05, 0) is 18.1 Å². The summed E-state index contributed by atoms with van der Waals surface area (Å²) in [7, 11) is 0. The highest BCUT2D eigenvalue weighted by Gasteiger charge is 2.25. The molecule has 3 heteroatoms. The molecule has 2 heterocycles. The Kier molecular flexibility index (Phi) is 3.16. The van der Waals surface area contributed by atoms with Gasteiger partial charge in [-0.1, -0.05) is 30.3 Å². The number of hydrogen-bond donors (Lipinski definition) is 0. The van der Waals surface area contributed by atoms with Gasteiger partial charge in [-0.2, -0.15) is 5.26 Å². The van der Waals surface area contributed by atoms with Crippen LogP contribution in [-0.2, 0) is 0 Å². The zero-order valence-corrected chi connectivity index (χ0v) is 10.7. The highest BCUT2D eigenvalue weighted by Crippen LogP contribution is 2.31. The Hall–Kier alpha value is -2.34. The summed E-state index contributed by atoms with van der Waals surface area (Å²) >= 11 is 0. The molecule has 0 radical (unpaired) electrons. The van der Waals surface area contributed by atoms with Gasteiger partial charge in [0, 0.05) is 25.2 Å². The molecule has 1 saturated heterocycles. The van der Waals surface area contributed by atoms with Gasteiger partial charge < -0.3 is 4.90 Å². The third-order valence-electron chi connectivity index (χ3n) is 3.72. The van der Waals surface area contributed by atoms with Crippen molar-refractivity contribution in [3.05, 3.63) is 59.9 Å². The van der Waals surface area contributed by atoms with Gasteiger partial charge in [0.05, 0.1) is 17.4 Å². The Morgan fingerprint density at radius 2 is 2.05 bits per heavy atom. The second-order valence-corrected chi connectivity index (χ2v) is 4.85. The van der Waals surface area contributed by atoms with Gasteiger partial charge in [0.15, 0.2) is 0 Å². The van der Waals surface area contributed by atoms with E-state index in [0.717, 1.165) is 25.2 Å². The number of aromatic nitrogens is 1. The van der Waals surface area contributed by atoms with Crippen LogP contribution in [0, 0.1) is 11.3 Å². The molecule has 0 bridgehead atoms. The van der Waals surface area contributed by atoms with Crippen LogP contribution in [0.2, 0.25) is 0 Å². The molecule has 1 atom stereocenters. The van der Waals surface area contributed by atoms with Crippen LogP contribution in [0.1, 0.15) is 23.5 Å². The first kappa shape index (κ1) is 11.7. The predicted octanol–water partition coefficient (Wildman–Crippen LogP) is 2.95. The summed E-state index contributed by atoms with van der Waals surface area (Å²) in [6, 6.07) is 14.6. The van der Waals surface area contributed by atoms with E-state index in [1.165, 1.54) is 5.56 Å². The second kappa shape index (κ2) is 5.11. The fraction of sp³-hybridized carbons (Fsp3) is 0.250. The topological polar surface area (TPSA) is 39.9 Å². The zero-order valence-electron chi connectivity index (χ0n) is 10.7. The zero-order chi connectivity index (χ0) is 13.1. The number of pyridine rings is 1. The Bertz CT molecular complexity index is 601. The lowest BCUT2D eigenvalue weighted by Crippen LogP contribution is -2.20. The highest BCUT2D eigenvalue weighted by atomic mass is 15.2. The minimum Gasteiger partial charge on any atom is -0.369 e.